The van der Waals surface area contributed by atoms with Gasteiger partial charge in [0.15, 0.2) is 5.60 Å². The van der Waals surface area contributed by atoms with E-state index in [0.29, 0.717) is 18.5 Å². The van der Waals surface area contributed by atoms with Gasteiger partial charge in [-0.05, 0) is 30.5 Å². The number of carbonyl (C=O) groups is 2. The molecule has 1 heterocycles. The lowest BCUT2D eigenvalue weighted by molar-refractivity contribution is -0.268. The van der Waals surface area contributed by atoms with Crippen LogP contribution in [0.5, 0.6) is 0 Å². The Kier molecular flexibility index (Phi) is 6.45. The van der Waals surface area contributed by atoms with Gasteiger partial charge in [-0.3, -0.25) is 9.59 Å². The minimum atomic E-state index is -5.00. The number of halogens is 3. The highest BCUT2D eigenvalue weighted by atomic mass is 19.4. The van der Waals surface area contributed by atoms with Crippen LogP contribution in [0.3, 0.4) is 0 Å². The number of carbonyl (C=O) groups excluding carboxylic acids is 2. The van der Waals surface area contributed by atoms with Crippen molar-refractivity contribution in [2.24, 2.45) is 5.92 Å². The van der Waals surface area contributed by atoms with E-state index < -0.39 is 24.1 Å². The molecule has 1 saturated heterocycles. The van der Waals surface area contributed by atoms with E-state index in [-0.39, 0.29) is 30.5 Å². The fourth-order valence-corrected chi connectivity index (χ4v) is 3.57. The van der Waals surface area contributed by atoms with Crippen LogP contribution >= 0.6 is 0 Å². The number of rotatable bonds is 5. The number of anilines is 1. The van der Waals surface area contributed by atoms with Crippen molar-refractivity contribution in [3.63, 3.8) is 0 Å². The maximum atomic E-state index is 13.6. The van der Waals surface area contributed by atoms with Gasteiger partial charge in [0, 0.05) is 24.7 Å². The molecule has 160 valence electrons. The van der Waals surface area contributed by atoms with Crippen molar-refractivity contribution in [3.8, 4) is 0 Å². The molecule has 0 saturated carbocycles. The average molecular weight is 420 g/mol. The maximum absolute atomic E-state index is 13.6. The van der Waals surface area contributed by atoms with Crippen molar-refractivity contribution in [1.29, 1.82) is 0 Å². The van der Waals surface area contributed by atoms with Gasteiger partial charge in [0.05, 0.1) is 6.42 Å². The van der Waals surface area contributed by atoms with Gasteiger partial charge in [-0.25, -0.2) is 0 Å². The van der Waals surface area contributed by atoms with Crippen LogP contribution in [0.1, 0.15) is 24.8 Å². The molecule has 1 fully saturated rings. The largest absolute Gasteiger partial charge is 0.421 e. The summed E-state index contributed by atoms with van der Waals surface area (Å²) in [5.41, 5.74) is -2.96. The van der Waals surface area contributed by atoms with Crippen LogP contribution in [-0.4, -0.2) is 41.1 Å². The third-order valence-corrected chi connectivity index (χ3v) is 5.39. The summed E-state index contributed by atoms with van der Waals surface area (Å²) >= 11 is 0. The number of likely N-dealkylation sites (tertiary alicyclic amines) is 1. The highest BCUT2D eigenvalue weighted by molar-refractivity contribution is 5.92. The van der Waals surface area contributed by atoms with Crippen molar-refractivity contribution in [3.05, 3.63) is 66.2 Å². The summed E-state index contributed by atoms with van der Waals surface area (Å²) in [7, 11) is 0. The number of hydrogen-bond donors (Lipinski definition) is 2. The zero-order valence-electron chi connectivity index (χ0n) is 16.2. The molecule has 30 heavy (non-hydrogen) atoms. The summed E-state index contributed by atoms with van der Waals surface area (Å²) in [5.74, 6) is -1.30. The minimum absolute atomic E-state index is 0.161. The molecule has 5 nitrogen and oxygen atoms in total. The molecule has 2 N–H and O–H groups in total. The topological polar surface area (TPSA) is 69.6 Å². The van der Waals surface area contributed by atoms with Crippen LogP contribution in [-0.2, 0) is 15.2 Å². The van der Waals surface area contributed by atoms with E-state index in [4.69, 9.17) is 0 Å². The molecule has 0 bridgehead atoms. The van der Waals surface area contributed by atoms with Gasteiger partial charge in [0.1, 0.15) is 0 Å². The smallest absolute Gasteiger partial charge is 0.376 e. The third-order valence-electron chi connectivity index (χ3n) is 5.39. The number of piperidine rings is 1. The summed E-state index contributed by atoms with van der Waals surface area (Å²) in [5, 5.41) is 13.2. The SMILES string of the molecule is O=C(Nc1ccccc1)C1CCN(C(=O)C[C@](O)(c2ccccc2)C(F)(F)F)CC1. The first-order chi connectivity index (χ1) is 14.2. The fraction of sp³-hybridized carbons (Fsp3) is 0.364. The second kappa shape index (κ2) is 8.87. The quantitative estimate of drug-likeness (QED) is 0.775. The minimum Gasteiger partial charge on any atom is -0.376 e. The molecule has 2 amide bonds. The Morgan fingerprint density at radius 2 is 1.50 bits per heavy atom. The van der Waals surface area contributed by atoms with Crippen molar-refractivity contribution < 1.29 is 27.9 Å². The highest BCUT2D eigenvalue weighted by Crippen LogP contribution is 2.42. The molecular formula is C22H23F3N2O3. The molecule has 2 aromatic rings. The summed E-state index contributed by atoms with van der Waals surface area (Å²) in [6, 6.07) is 15.6. The molecule has 0 aliphatic carbocycles. The second-order valence-corrected chi connectivity index (χ2v) is 7.41. The Morgan fingerprint density at radius 1 is 0.967 bits per heavy atom. The van der Waals surface area contributed by atoms with Crippen molar-refractivity contribution in [2.75, 3.05) is 18.4 Å². The number of amides is 2. The number of alkyl halides is 3. The maximum Gasteiger partial charge on any atom is 0.421 e. The number of nitrogens with zero attached hydrogens (tertiary/aromatic N) is 1. The lowest BCUT2D eigenvalue weighted by Crippen LogP contribution is -2.49. The van der Waals surface area contributed by atoms with Crippen LogP contribution < -0.4 is 5.32 Å². The van der Waals surface area contributed by atoms with E-state index in [0.717, 1.165) is 12.1 Å². The molecule has 2 aromatic carbocycles. The van der Waals surface area contributed by atoms with Crippen LogP contribution in [0.15, 0.2) is 60.7 Å². The molecule has 1 aliphatic rings. The van der Waals surface area contributed by atoms with Crippen LogP contribution in [0.2, 0.25) is 0 Å². The van der Waals surface area contributed by atoms with Gasteiger partial charge in [0.2, 0.25) is 11.8 Å². The molecule has 0 spiro atoms. The number of benzene rings is 2. The predicted octanol–water partition coefficient (Wildman–Crippen LogP) is 3.70. The number of hydrogen-bond acceptors (Lipinski definition) is 3. The lowest BCUT2D eigenvalue weighted by atomic mass is 9.88. The van der Waals surface area contributed by atoms with Crippen LogP contribution in [0.4, 0.5) is 18.9 Å². The van der Waals surface area contributed by atoms with Gasteiger partial charge >= 0.3 is 6.18 Å². The van der Waals surface area contributed by atoms with Gasteiger partial charge in [0.25, 0.3) is 0 Å². The number of nitrogens with one attached hydrogen (secondary N) is 1. The second-order valence-electron chi connectivity index (χ2n) is 7.41. The molecule has 0 aromatic heterocycles. The van der Waals surface area contributed by atoms with Gasteiger partial charge in [-0.2, -0.15) is 13.2 Å². The Balaban J connectivity index is 1.61. The number of para-hydroxylation sites is 1. The Labute approximate surface area is 172 Å². The fourth-order valence-electron chi connectivity index (χ4n) is 3.57. The monoisotopic (exact) mass is 420 g/mol. The van der Waals surface area contributed by atoms with E-state index in [1.165, 1.54) is 23.1 Å². The summed E-state index contributed by atoms with van der Waals surface area (Å²) in [6.07, 6.45) is -5.40. The van der Waals surface area contributed by atoms with Crippen molar-refractivity contribution in [1.82, 2.24) is 4.90 Å². The first-order valence-corrected chi connectivity index (χ1v) is 9.69. The van der Waals surface area contributed by atoms with Crippen molar-refractivity contribution >= 4 is 17.5 Å². The van der Waals surface area contributed by atoms with Crippen LogP contribution in [0, 0.1) is 5.92 Å². The first-order valence-electron chi connectivity index (χ1n) is 9.69. The van der Waals surface area contributed by atoms with E-state index >= 15 is 0 Å². The standard InChI is InChI=1S/C22H23F3N2O3/c23-22(24,25)21(30,17-7-3-1-4-8-17)15-19(28)27-13-11-16(12-14-27)20(29)26-18-9-5-2-6-10-18/h1-10,16,30H,11-15H2,(H,26,29)/t21-/m0/s1. The van der Waals surface area contributed by atoms with E-state index in [9.17, 15) is 27.9 Å². The highest BCUT2D eigenvalue weighted by Gasteiger charge is 2.56. The Hall–Kier alpha value is -2.87. The van der Waals surface area contributed by atoms with Gasteiger partial charge < -0.3 is 15.3 Å². The first kappa shape index (κ1) is 21.8. The van der Waals surface area contributed by atoms with Crippen molar-refractivity contribution in [2.45, 2.75) is 31.0 Å². The number of aliphatic hydroxyl groups is 1. The molecular weight excluding hydrogens is 397 g/mol. The molecule has 3 rings (SSSR count). The van der Waals surface area contributed by atoms with E-state index in [2.05, 4.69) is 5.32 Å². The van der Waals surface area contributed by atoms with Crippen LogP contribution in [0.25, 0.3) is 0 Å². The third kappa shape index (κ3) is 4.81. The summed E-state index contributed by atoms with van der Waals surface area (Å²) < 4.78 is 40.9. The van der Waals surface area contributed by atoms with E-state index in [1.54, 1.807) is 24.3 Å². The van der Waals surface area contributed by atoms with Gasteiger partial charge in [-0.1, -0.05) is 48.5 Å². The predicted molar refractivity (Wildman–Crippen MR) is 105 cm³/mol. The molecule has 1 atom stereocenters. The summed E-state index contributed by atoms with van der Waals surface area (Å²) in [6.45, 7) is 0.322. The Bertz CT molecular complexity index is 866. The molecule has 8 heteroatoms. The normalized spacial score (nSPS) is 17.3. The zero-order valence-corrected chi connectivity index (χ0v) is 16.2. The summed E-state index contributed by atoms with van der Waals surface area (Å²) in [4.78, 5) is 26.2. The lowest BCUT2D eigenvalue weighted by Gasteiger charge is -2.35. The molecule has 1 aliphatic heterocycles. The molecule has 0 unspecified atom stereocenters. The zero-order chi connectivity index (χ0) is 21.8. The average Bonchev–Trinajstić information content (AvgIpc) is 2.74. The van der Waals surface area contributed by atoms with Gasteiger partial charge in [-0.15, -0.1) is 0 Å². The Morgan fingerprint density at radius 3 is 2.03 bits per heavy atom. The van der Waals surface area contributed by atoms with E-state index in [1.807, 2.05) is 6.07 Å². The molecule has 0 radical (unpaired) electrons.